The molecule has 0 aliphatic heterocycles. The second-order valence-electron chi connectivity index (χ2n) is 9.20. The van der Waals surface area contributed by atoms with E-state index < -0.39 is 0 Å². The zero-order chi connectivity index (χ0) is 23.4. The Kier molecular flexibility index (Phi) is 6.75. The van der Waals surface area contributed by atoms with Gasteiger partial charge in [0.1, 0.15) is 12.4 Å². The summed E-state index contributed by atoms with van der Waals surface area (Å²) in [6.07, 6.45) is 1.86. The van der Waals surface area contributed by atoms with Crippen molar-refractivity contribution in [1.29, 1.82) is 0 Å². The number of rotatable bonds is 7. The van der Waals surface area contributed by atoms with Crippen LogP contribution >= 0.6 is 11.6 Å². The highest BCUT2D eigenvalue weighted by Crippen LogP contribution is 2.25. The van der Waals surface area contributed by atoms with Crippen molar-refractivity contribution in [3.05, 3.63) is 101 Å². The number of fused-ring (bicyclic) bond motifs is 1. The second-order valence-corrected chi connectivity index (χ2v) is 9.61. The van der Waals surface area contributed by atoms with Gasteiger partial charge in [0.25, 0.3) is 5.91 Å². The van der Waals surface area contributed by atoms with Crippen LogP contribution in [0.1, 0.15) is 42.3 Å². The van der Waals surface area contributed by atoms with Crippen molar-refractivity contribution in [2.45, 2.75) is 32.7 Å². The third-order valence-corrected chi connectivity index (χ3v) is 6.07. The van der Waals surface area contributed by atoms with Crippen LogP contribution in [0.25, 0.3) is 10.9 Å². The van der Waals surface area contributed by atoms with E-state index in [1.165, 1.54) is 5.56 Å². The minimum atomic E-state index is -0.0364. The molecule has 0 aliphatic rings. The average molecular weight is 461 g/mol. The van der Waals surface area contributed by atoms with Crippen LogP contribution < -0.4 is 4.74 Å². The van der Waals surface area contributed by atoms with E-state index in [4.69, 9.17) is 16.3 Å². The van der Waals surface area contributed by atoms with Gasteiger partial charge in [-0.3, -0.25) is 4.79 Å². The highest BCUT2D eigenvalue weighted by Gasteiger charge is 2.20. The van der Waals surface area contributed by atoms with Crippen molar-refractivity contribution in [1.82, 2.24) is 9.88 Å². The summed E-state index contributed by atoms with van der Waals surface area (Å²) in [5.41, 5.74) is 3.93. The number of ether oxygens (including phenoxy) is 1. The van der Waals surface area contributed by atoms with Crippen LogP contribution in [-0.4, -0.2) is 28.9 Å². The Morgan fingerprint density at radius 3 is 2.45 bits per heavy atom. The quantitative estimate of drug-likeness (QED) is 0.328. The summed E-state index contributed by atoms with van der Waals surface area (Å²) >= 11 is 6.22. The van der Waals surface area contributed by atoms with E-state index in [9.17, 15) is 4.79 Å². The molecule has 4 aromatic rings. The van der Waals surface area contributed by atoms with Crippen LogP contribution in [0.5, 0.6) is 5.75 Å². The molecule has 1 aromatic heterocycles. The smallest absolute Gasteiger partial charge is 0.256 e. The lowest BCUT2D eigenvalue weighted by Crippen LogP contribution is -2.34. The van der Waals surface area contributed by atoms with Gasteiger partial charge in [0.2, 0.25) is 0 Å². The number of carbonyl (C=O) groups excluding carboxylic acids is 1. The lowest BCUT2D eigenvalue weighted by Gasteiger charge is -2.24. The van der Waals surface area contributed by atoms with Crippen LogP contribution in [0.4, 0.5) is 0 Å². The summed E-state index contributed by atoms with van der Waals surface area (Å²) in [7, 11) is 0. The van der Waals surface area contributed by atoms with Gasteiger partial charge in [0.05, 0.1) is 22.6 Å². The first-order valence-corrected chi connectivity index (χ1v) is 11.5. The normalized spacial score (nSPS) is 11.5. The second kappa shape index (κ2) is 9.72. The minimum absolute atomic E-state index is 0.0364. The number of carbonyl (C=O) groups is 1. The average Bonchev–Trinajstić information content (AvgIpc) is 3.28. The lowest BCUT2D eigenvalue weighted by atomic mass is 9.87. The maximum absolute atomic E-state index is 13.6. The van der Waals surface area contributed by atoms with Gasteiger partial charge in [-0.15, -0.1) is 0 Å². The summed E-state index contributed by atoms with van der Waals surface area (Å²) < 4.78 is 5.89. The number of amides is 1. The van der Waals surface area contributed by atoms with E-state index in [1.54, 1.807) is 6.07 Å². The maximum Gasteiger partial charge on any atom is 0.256 e. The summed E-state index contributed by atoms with van der Waals surface area (Å²) in [5.74, 6) is 0.582. The van der Waals surface area contributed by atoms with E-state index in [-0.39, 0.29) is 11.3 Å². The number of para-hydroxylation sites is 2. The number of aromatic amines is 1. The molecule has 33 heavy (non-hydrogen) atoms. The first kappa shape index (κ1) is 22.9. The topological polar surface area (TPSA) is 45.3 Å². The Labute approximate surface area is 200 Å². The lowest BCUT2D eigenvalue weighted by molar-refractivity contribution is 0.0718. The highest BCUT2D eigenvalue weighted by molar-refractivity contribution is 6.32. The van der Waals surface area contributed by atoms with Gasteiger partial charge in [-0.25, -0.2) is 0 Å². The fourth-order valence-electron chi connectivity index (χ4n) is 3.84. The van der Waals surface area contributed by atoms with E-state index in [0.29, 0.717) is 36.0 Å². The number of aromatic nitrogens is 1. The number of hydrogen-bond acceptors (Lipinski definition) is 2. The molecular formula is C28H29ClN2O2. The van der Waals surface area contributed by atoms with Gasteiger partial charge in [-0.05, 0) is 40.8 Å². The van der Waals surface area contributed by atoms with Gasteiger partial charge in [0, 0.05) is 18.1 Å². The number of H-pyrrole nitrogens is 1. The third kappa shape index (κ3) is 5.40. The fourth-order valence-corrected chi connectivity index (χ4v) is 4.03. The summed E-state index contributed by atoms with van der Waals surface area (Å²) in [4.78, 5) is 18.7. The predicted octanol–water partition coefficient (Wildman–Crippen LogP) is 6.84. The van der Waals surface area contributed by atoms with Crippen LogP contribution in [0.3, 0.4) is 0 Å². The monoisotopic (exact) mass is 460 g/mol. The van der Waals surface area contributed by atoms with Crippen LogP contribution in [0.15, 0.2) is 79.0 Å². The molecule has 1 amide bonds. The molecule has 5 heteroatoms. The van der Waals surface area contributed by atoms with Crippen molar-refractivity contribution in [2.24, 2.45) is 0 Å². The Hall–Kier alpha value is -3.24. The maximum atomic E-state index is 13.6. The van der Waals surface area contributed by atoms with E-state index in [0.717, 1.165) is 16.5 Å². The Balaban J connectivity index is 1.56. The molecule has 0 fully saturated rings. The molecular weight excluding hydrogens is 432 g/mol. The molecule has 170 valence electrons. The molecule has 0 bridgehead atoms. The standard InChI is InChI=1S/C28H29ClN2O2/c1-28(2,3)22-13-11-20(12-14-22)19-31(17-18-33-25-10-5-4-9-24(25)29)27(32)23-8-6-7-21-15-16-30-26(21)23/h4-16,30H,17-19H2,1-3H3. The van der Waals surface area contributed by atoms with Crippen molar-refractivity contribution in [3.63, 3.8) is 0 Å². The van der Waals surface area contributed by atoms with Crippen molar-refractivity contribution in [2.75, 3.05) is 13.2 Å². The van der Waals surface area contributed by atoms with Gasteiger partial charge in [0.15, 0.2) is 0 Å². The highest BCUT2D eigenvalue weighted by atomic mass is 35.5. The minimum Gasteiger partial charge on any atom is -0.490 e. The van der Waals surface area contributed by atoms with E-state index in [2.05, 4.69) is 50.0 Å². The third-order valence-electron chi connectivity index (χ3n) is 5.75. The van der Waals surface area contributed by atoms with Crippen LogP contribution in [-0.2, 0) is 12.0 Å². The zero-order valence-corrected chi connectivity index (χ0v) is 20.0. The molecule has 0 radical (unpaired) electrons. The van der Waals surface area contributed by atoms with Gasteiger partial charge in [-0.2, -0.15) is 0 Å². The SMILES string of the molecule is CC(C)(C)c1ccc(CN(CCOc2ccccc2Cl)C(=O)c2cccc3cc[nH]c23)cc1. The molecule has 4 rings (SSSR count). The van der Waals surface area contributed by atoms with Gasteiger partial charge >= 0.3 is 0 Å². The Bertz CT molecular complexity index is 1240. The number of nitrogens with one attached hydrogen (secondary N) is 1. The van der Waals surface area contributed by atoms with Crippen molar-refractivity contribution in [3.8, 4) is 5.75 Å². The molecule has 0 spiro atoms. The summed E-state index contributed by atoms with van der Waals surface area (Å²) in [5, 5.41) is 1.58. The number of halogens is 1. The van der Waals surface area contributed by atoms with Gasteiger partial charge < -0.3 is 14.6 Å². The number of nitrogens with zero attached hydrogens (tertiary/aromatic N) is 1. The van der Waals surface area contributed by atoms with Crippen LogP contribution in [0.2, 0.25) is 5.02 Å². The predicted molar refractivity (Wildman–Crippen MR) is 135 cm³/mol. The Morgan fingerprint density at radius 1 is 0.970 bits per heavy atom. The van der Waals surface area contributed by atoms with E-state index in [1.807, 2.05) is 53.6 Å². The summed E-state index contributed by atoms with van der Waals surface area (Å²) in [6.45, 7) is 7.85. The van der Waals surface area contributed by atoms with Gasteiger partial charge in [-0.1, -0.05) is 80.9 Å². The first-order chi connectivity index (χ1) is 15.8. The Morgan fingerprint density at radius 2 is 1.73 bits per heavy atom. The number of hydrogen-bond donors (Lipinski definition) is 1. The molecule has 1 N–H and O–H groups in total. The first-order valence-electron chi connectivity index (χ1n) is 11.1. The largest absolute Gasteiger partial charge is 0.490 e. The molecule has 0 unspecified atom stereocenters. The van der Waals surface area contributed by atoms with E-state index >= 15 is 0 Å². The fraction of sp³-hybridized carbons (Fsp3) is 0.250. The molecule has 4 nitrogen and oxygen atoms in total. The van der Waals surface area contributed by atoms with Crippen molar-refractivity contribution < 1.29 is 9.53 Å². The number of benzene rings is 3. The molecule has 0 atom stereocenters. The molecule has 0 saturated heterocycles. The van der Waals surface area contributed by atoms with Crippen molar-refractivity contribution >= 4 is 28.4 Å². The molecule has 0 aliphatic carbocycles. The molecule has 0 saturated carbocycles. The molecule has 1 heterocycles. The zero-order valence-electron chi connectivity index (χ0n) is 19.3. The van der Waals surface area contributed by atoms with Crippen LogP contribution in [0, 0.1) is 0 Å². The molecule has 3 aromatic carbocycles. The summed E-state index contributed by atoms with van der Waals surface area (Å²) in [6, 6.07) is 23.6.